The summed E-state index contributed by atoms with van der Waals surface area (Å²) in [6.45, 7) is 9.77. The number of amides is 1. The third-order valence-corrected chi connectivity index (χ3v) is 3.46. The lowest BCUT2D eigenvalue weighted by molar-refractivity contribution is -0.122. The van der Waals surface area contributed by atoms with Gasteiger partial charge in [-0.1, -0.05) is 20.8 Å². The third-order valence-electron chi connectivity index (χ3n) is 3.46. The predicted octanol–water partition coefficient (Wildman–Crippen LogP) is 2.46. The van der Waals surface area contributed by atoms with E-state index in [1.54, 1.807) is 0 Å². The second-order valence-electron chi connectivity index (χ2n) is 4.98. The quantitative estimate of drug-likeness (QED) is 0.758. The highest BCUT2D eigenvalue weighted by molar-refractivity contribution is 5.76. The van der Waals surface area contributed by atoms with Crippen molar-refractivity contribution in [3.05, 3.63) is 24.0 Å². The molecule has 0 aliphatic rings. The van der Waals surface area contributed by atoms with E-state index in [9.17, 15) is 4.79 Å². The molecule has 1 heterocycles. The van der Waals surface area contributed by atoms with Crippen LogP contribution in [0.3, 0.4) is 0 Å². The number of hydrogen-bond acceptors (Lipinski definition) is 2. The van der Waals surface area contributed by atoms with Crippen molar-refractivity contribution >= 4 is 5.91 Å². The standard InChI is InChI=1S/C15H27N3O/c1-5-14(6-2)17-15(19)11-18-9-8-13(10-18)12(4)16-7-3/h8-10,12,14,16H,5-7,11H2,1-4H3,(H,17,19). The molecule has 0 radical (unpaired) electrons. The van der Waals surface area contributed by atoms with Gasteiger partial charge in [0.2, 0.25) is 5.91 Å². The minimum Gasteiger partial charge on any atom is -0.352 e. The Hall–Kier alpha value is -1.29. The number of nitrogens with one attached hydrogen (secondary N) is 2. The van der Waals surface area contributed by atoms with Gasteiger partial charge in [0.1, 0.15) is 6.54 Å². The molecule has 4 nitrogen and oxygen atoms in total. The second kappa shape index (κ2) is 8.00. The summed E-state index contributed by atoms with van der Waals surface area (Å²) in [5, 5.41) is 6.42. The lowest BCUT2D eigenvalue weighted by atomic mass is 10.2. The molecule has 0 spiro atoms. The first-order valence-electron chi connectivity index (χ1n) is 7.29. The van der Waals surface area contributed by atoms with Gasteiger partial charge in [-0.2, -0.15) is 0 Å². The molecule has 0 saturated carbocycles. The summed E-state index contributed by atoms with van der Waals surface area (Å²) >= 11 is 0. The first kappa shape index (κ1) is 15.8. The number of carbonyl (C=O) groups is 1. The van der Waals surface area contributed by atoms with Crippen LogP contribution in [0.25, 0.3) is 0 Å². The normalized spacial score (nSPS) is 12.7. The minimum atomic E-state index is 0.0898. The van der Waals surface area contributed by atoms with Crippen LogP contribution in [0.15, 0.2) is 18.5 Å². The van der Waals surface area contributed by atoms with Crippen molar-refractivity contribution in [1.82, 2.24) is 15.2 Å². The molecule has 1 rings (SSSR count). The molecule has 4 heteroatoms. The Morgan fingerprint density at radius 2 is 2.00 bits per heavy atom. The van der Waals surface area contributed by atoms with Crippen LogP contribution in [0.5, 0.6) is 0 Å². The molecular formula is C15H27N3O. The van der Waals surface area contributed by atoms with Gasteiger partial charge in [0.05, 0.1) is 0 Å². The van der Waals surface area contributed by atoms with E-state index in [2.05, 4.69) is 44.4 Å². The zero-order chi connectivity index (χ0) is 14.3. The van der Waals surface area contributed by atoms with Gasteiger partial charge >= 0.3 is 0 Å². The maximum Gasteiger partial charge on any atom is 0.240 e. The fraction of sp³-hybridized carbons (Fsp3) is 0.667. The Bertz CT molecular complexity index is 382. The van der Waals surface area contributed by atoms with Crippen molar-refractivity contribution < 1.29 is 4.79 Å². The van der Waals surface area contributed by atoms with E-state index >= 15 is 0 Å². The Balaban J connectivity index is 2.51. The average Bonchev–Trinajstić information content (AvgIpc) is 2.84. The summed E-state index contributed by atoms with van der Waals surface area (Å²) in [6.07, 6.45) is 5.97. The second-order valence-corrected chi connectivity index (χ2v) is 4.98. The van der Waals surface area contributed by atoms with Crippen LogP contribution in [0.4, 0.5) is 0 Å². The molecule has 1 aromatic rings. The number of nitrogens with zero attached hydrogens (tertiary/aromatic N) is 1. The molecule has 0 aliphatic carbocycles. The maximum absolute atomic E-state index is 11.9. The fourth-order valence-electron chi connectivity index (χ4n) is 2.17. The molecular weight excluding hydrogens is 238 g/mol. The van der Waals surface area contributed by atoms with Gasteiger partial charge in [0.25, 0.3) is 0 Å². The number of hydrogen-bond donors (Lipinski definition) is 2. The van der Waals surface area contributed by atoms with Crippen molar-refractivity contribution in [1.29, 1.82) is 0 Å². The summed E-state index contributed by atoms with van der Waals surface area (Å²) in [7, 11) is 0. The molecule has 1 atom stereocenters. The van der Waals surface area contributed by atoms with Gasteiger partial charge in [-0.15, -0.1) is 0 Å². The summed E-state index contributed by atoms with van der Waals surface area (Å²) in [5.41, 5.74) is 1.22. The molecule has 108 valence electrons. The monoisotopic (exact) mass is 265 g/mol. The van der Waals surface area contributed by atoms with Crippen LogP contribution in [0.2, 0.25) is 0 Å². The van der Waals surface area contributed by atoms with Crippen LogP contribution in [-0.2, 0) is 11.3 Å². The van der Waals surface area contributed by atoms with Crippen molar-refractivity contribution in [2.24, 2.45) is 0 Å². The first-order chi connectivity index (χ1) is 9.10. The average molecular weight is 265 g/mol. The van der Waals surface area contributed by atoms with E-state index in [-0.39, 0.29) is 5.91 Å². The van der Waals surface area contributed by atoms with Crippen molar-refractivity contribution in [3.8, 4) is 0 Å². The number of carbonyl (C=O) groups excluding carboxylic acids is 1. The van der Waals surface area contributed by atoms with Crippen molar-refractivity contribution in [3.63, 3.8) is 0 Å². The van der Waals surface area contributed by atoms with Gasteiger partial charge in [0.15, 0.2) is 0 Å². The maximum atomic E-state index is 11.9. The highest BCUT2D eigenvalue weighted by atomic mass is 16.2. The molecule has 0 bridgehead atoms. The van der Waals surface area contributed by atoms with Gasteiger partial charge < -0.3 is 15.2 Å². The minimum absolute atomic E-state index is 0.0898. The Kier molecular flexibility index (Phi) is 6.64. The van der Waals surface area contributed by atoms with Crippen molar-refractivity contribution in [2.45, 2.75) is 59.2 Å². The molecule has 1 unspecified atom stereocenters. The SMILES string of the molecule is CCNC(C)c1ccn(CC(=O)NC(CC)CC)c1. The van der Waals surface area contributed by atoms with E-state index in [4.69, 9.17) is 0 Å². The first-order valence-corrected chi connectivity index (χ1v) is 7.29. The van der Waals surface area contributed by atoms with Crippen molar-refractivity contribution in [2.75, 3.05) is 6.54 Å². The Labute approximate surface area is 116 Å². The van der Waals surface area contributed by atoms with Gasteiger partial charge in [0, 0.05) is 24.5 Å². The molecule has 1 aromatic heterocycles. The van der Waals surface area contributed by atoms with Gasteiger partial charge in [-0.25, -0.2) is 0 Å². The summed E-state index contributed by atoms with van der Waals surface area (Å²) in [6, 6.07) is 2.69. The molecule has 0 aromatic carbocycles. The Morgan fingerprint density at radius 3 is 2.58 bits per heavy atom. The number of rotatable bonds is 8. The lowest BCUT2D eigenvalue weighted by Gasteiger charge is -2.15. The fourth-order valence-corrected chi connectivity index (χ4v) is 2.17. The van der Waals surface area contributed by atoms with E-state index in [0.717, 1.165) is 19.4 Å². The van der Waals surface area contributed by atoms with Gasteiger partial charge in [-0.05, 0) is 37.9 Å². The molecule has 0 aliphatic heterocycles. The predicted molar refractivity (Wildman–Crippen MR) is 79.0 cm³/mol. The lowest BCUT2D eigenvalue weighted by Crippen LogP contribution is -2.36. The Morgan fingerprint density at radius 1 is 1.32 bits per heavy atom. The largest absolute Gasteiger partial charge is 0.352 e. The highest BCUT2D eigenvalue weighted by Gasteiger charge is 2.10. The summed E-state index contributed by atoms with van der Waals surface area (Å²) in [5.74, 6) is 0.0898. The smallest absolute Gasteiger partial charge is 0.240 e. The van der Waals surface area contributed by atoms with E-state index in [1.165, 1.54) is 5.56 Å². The molecule has 0 fully saturated rings. The number of aromatic nitrogens is 1. The van der Waals surface area contributed by atoms with Crippen LogP contribution in [0, 0.1) is 0 Å². The topological polar surface area (TPSA) is 46.1 Å². The van der Waals surface area contributed by atoms with E-state index in [1.807, 2.05) is 17.0 Å². The molecule has 1 amide bonds. The van der Waals surface area contributed by atoms with Gasteiger partial charge in [-0.3, -0.25) is 4.79 Å². The zero-order valence-electron chi connectivity index (χ0n) is 12.6. The zero-order valence-corrected chi connectivity index (χ0v) is 12.6. The van der Waals surface area contributed by atoms with E-state index in [0.29, 0.717) is 18.6 Å². The third kappa shape index (κ3) is 5.07. The highest BCUT2D eigenvalue weighted by Crippen LogP contribution is 2.12. The summed E-state index contributed by atoms with van der Waals surface area (Å²) in [4.78, 5) is 11.9. The van der Waals surface area contributed by atoms with Crippen LogP contribution < -0.4 is 10.6 Å². The van der Waals surface area contributed by atoms with Crippen LogP contribution in [-0.4, -0.2) is 23.1 Å². The van der Waals surface area contributed by atoms with Crippen LogP contribution in [0.1, 0.15) is 52.1 Å². The van der Waals surface area contributed by atoms with E-state index < -0.39 is 0 Å². The summed E-state index contributed by atoms with van der Waals surface area (Å²) < 4.78 is 1.95. The molecule has 19 heavy (non-hydrogen) atoms. The van der Waals surface area contributed by atoms with Crippen LogP contribution >= 0.6 is 0 Å². The molecule has 2 N–H and O–H groups in total. The molecule has 0 saturated heterocycles.